The first kappa shape index (κ1) is 21.0. The van der Waals surface area contributed by atoms with Crippen LogP contribution in [0.4, 0.5) is 0 Å². The number of benzene rings is 2. The lowest BCUT2D eigenvalue weighted by molar-refractivity contribution is -0.139. The van der Waals surface area contributed by atoms with Crippen molar-refractivity contribution in [3.05, 3.63) is 52.6 Å². The van der Waals surface area contributed by atoms with Crippen LogP contribution < -0.4 is 4.74 Å². The van der Waals surface area contributed by atoms with Crippen LogP contribution in [0.5, 0.6) is 28.7 Å². The summed E-state index contributed by atoms with van der Waals surface area (Å²) in [6.07, 6.45) is 1.03. The number of phenols is 4. The van der Waals surface area contributed by atoms with Gasteiger partial charge in [-0.2, -0.15) is 0 Å². The lowest BCUT2D eigenvalue weighted by atomic mass is 9.92. The number of carbonyl (C=O) groups is 2. The largest absolute Gasteiger partial charge is 0.507 e. The molecule has 158 valence electrons. The Balaban J connectivity index is 1.96. The van der Waals surface area contributed by atoms with Gasteiger partial charge in [0.1, 0.15) is 35.5 Å². The number of allylic oxidation sites excluding steroid dienone is 1. The molecule has 0 fully saturated rings. The monoisotopic (exact) mass is 414 g/mol. The summed E-state index contributed by atoms with van der Waals surface area (Å²) in [5.41, 5.74) is 1.47. The minimum atomic E-state index is -0.775. The molecule has 0 radical (unpaired) electrons. The summed E-state index contributed by atoms with van der Waals surface area (Å²) in [6, 6.07) is 5.20. The van der Waals surface area contributed by atoms with E-state index in [-0.39, 0.29) is 59.5 Å². The van der Waals surface area contributed by atoms with E-state index in [9.17, 15) is 30.0 Å². The smallest absolute Gasteiger partial charge is 0.302 e. The van der Waals surface area contributed by atoms with E-state index in [0.29, 0.717) is 11.1 Å². The zero-order chi connectivity index (χ0) is 22.0. The molecule has 1 heterocycles. The van der Waals surface area contributed by atoms with Crippen molar-refractivity contribution in [1.82, 2.24) is 0 Å². The van der Waals surface area contributed by atoms with Crippen molar-refractivity contribution < 1.29 is 39.5 Å². The van der Waals surface area contributed by atoms with E-state index >= 15 is 0 Å². The summed E-state index contributed by atoms with van der Waals surface area (Å²) in [5.74, 6) is -2.02. The van der Waals surface area contributed by atoms with E-state index in [1.165, 1.54) is 25.1 Å². The predicted molar refractivity (Wildman–Crippen MR) is 106 cm³/mol. The van der Waals surface area contributed by atoms with E-state index in [1.807, 2.05) is 0 Å². The Morgan fingerprint density at radius 1 is 1.10 bits per heavy atom. The van der Waals surface area contributed by atoms with Gasteiger partial charge in [-0.3, -0.25) is 9.59 Å². The normalized spacial score (nSPS) is 16.0. The lowest BCUT2D eigenvalue weighted by Gasteiger charge is -2.28. The van der Waals surface area contributed by atoms with Gasteiger partial charge in [-0.15, -0.1) is 0 Å². The van der Waals surface area contributed by atoms with Gasteiger partial charge in [0.25, 0.3) is 0 Å². The fourth-order valence-electron chi connectivity index (χ4n) is 3.20. The summed E-state index contributed by atoms with van der Waals surface area (Å²) < 4.78 is 10.9. The second-order valence-corrected chi connectivity index (χ2v) is 7.11. The number of Topliss-reactive ketones (excluding diaryl/α,β-unsaturated/α-hetero) is 1. The first-order valence-electron chi connectivity index (χ1n) is 9.26. The van der Waals surface area contributed by atoms with Gasteiger partial charge in [0.05, 0.1) is 6.42 Å². The van der Waals surface area contributed by atoms with Crippen molar-refractivity contribution in [1.29, 1.82) is 0 Å². The average molecular weight is 414 g/mol. The number of rotatable bonds is 5. The van der Waals surface area contributed by atoms with Crippen molar-refractivity contribution in [2.24, 2.45) is 0 Å². The highest BCUT2D eigenvalue weighted by Gasteiger charge is 2.33. The molecule has 0 spiro atoms. The molecule has 3 rings (SSSR count). The molecule has 0 aromatic heterocycles. The Morgan fingerprint density at radius 3 is 2.50 bits per heavy atom. The van der Waals surface area contributed by atoms with Crippen LogP contribution in [0.25, 0.3) is 0 Å². The zero-order valence-electron chi connectivity index (χ0n) is 16.5. The highest BCUT2D eigenvalue weighted by molar-refractivity contribution is 6.03. The molecule has 2 aromatic rings. The van der Waals surface area contributed by atoms with E-state index in [1.54, 1.807) is 13.0 Å². The van der Waals surface area contributed by atoms with Gasteiger partial charge in [-0.25, -0.2) is 0 Å². The van der Waals surface area contributed by atoms with Crippen LogP contribution in [0, 0.1) is 0 Å². The molecule has 1 aliphatic rings. The van der Waals surface area contributed by atoms with Gasteiger partial charge >= 0.3 is 5.97 Å². The summed E-state index contributed by atoms with van der Waals surface area (Å²) in [6.45, 7) is 3.14. The maximum absolute atomic E-state index is 12.7. The van der Waals surface area contributed by atoms with Gasteiger partial charge in [0.2, 0.25) is 0 Å². The van der Waals surface area contributed by atoms with Crippen LogP contribution in [-0.4, -0.2) is 38.8 Å². The van der Waals surface area contributed by atoms with Crippen molar-refractivity contribution in [2.45, 2.75) is 32.8 Å². The zero-order valence-corrected chi connectivity index (χ0v) is 16.5. The number of hydrogen-bond acceptors (Lipinski definition) is 8. The first-order valence-corrected chi connectivity index (χ1v) is 9.26. The number of carbonyl (C=O) groups excluding carboxylic acids is 2. The van der Waals surface area contributed by atoms with E-state index in [4.69, 9.17) is 9.47 Å². The maximum atomic E-state index is 12.7. The van der Waals surface area contributed by atoms with Crippen LogP contribution >= 0.6 is 0 Å². The first-order chi connectivity index (χ1) is 14.2. The number of esters is 1. The number of fused-ring (bicyclic) bond motifs is 1. The van der Waals surface area contributed by atoms with Crippen LogP contribution in [0.15, 0.2) is 35.9 Å². The molecule has 4 N–H and O–H groups in total. The molecule has 1 atom stereocenters. The molecule has 0 unspecified atom stereocenters. The quantitative estimate of drug-likeness (QED) is 0.333. The minimum absolute atomic E-state index is 0.0203. The van der Waals surface area contributed by atoms with Crippen molar-refractivity contribution >= 4 is 11.8 Å². The Labute approximate surface area is 172 Å². The number of ketones is 1. The lowest BCUT2D eigenvalue weighted by Crippen LogP contribution is -2.21. The summed E-state index contributed by atoms with van der Waals surface area (Å²) in [4.78, 5) is 23.7. The second kappa shape index (κ2) is 8.36. The fourth-order valence-corrected chi connectivity index (χ4v) is 3.20. The molecule has 0 saturated carbocycles. The van der Waals surface area contributed by atoms with Gasteiger partial charge in [-0.05, 0) is 36.6 Å². The molecule has 0 aliphatic carbocycles. The third kappa shape index (κ3) is 4.32. The molecule has 0 bridgehead atoms. The van der Waals surface area contributed by atoms with Gasteiger partial charge < -0.3 is 29.9 Å². The third-order valence-electron chi connectivity index (χ3n) is 4.78. The number of aromatic hydroxyl groups is 4. The molecular weight excluding hydrogens is 392 g/mol. The molecule has 0 amide bonds. The standard InChI is InChI=1S/C22H22O8/c1-11(10-29-12(2)23)3-5-14-16(25)8-18(27)21-19(28)9-20(30-22(14)21)13-4-6-15(24)17(26)7-13/h3-4,6-8,20,24-27H,5,9-10H2,1-2H3/b11-3+/t20-/m0/s1. The second-order valence-electron chi connectivity index (χ2n) is 7.11. The molecule has 1 aliphatic heterocycles. The van der Waals surface area contributed by atoms with Crippen molar-refractivity contribution in [3.63, 3.8) is 0 Å². The van der Waals surface area contributed by atoms with Crippen LogP contribution in [0.3, 0.4) is 0 Å². The average Bonchev–Trinajstić information content (AvgIpc) is 2.67. The van der Waals surface area contributed by atoms with E-state index in [2.05, 4.69) is 0 Å². The topological polar surface area (TPSA) is 134 Å². The summed E-state index contributed by atoms with van der Waals surface area (Å²) in [5, 5.41) is 39.8. The Hall–Kier alpha value is -3.68. The van der Waals surface area contributed by atoms with Crippen LogP contribution in [-0.2, 0) is 16.0 Å². The highest BCUT2D eigenvalue weighted by atomic mass is 16.5. The minimum Gasteiger partial charge on any atom is -0.507 e. The Morgan fingerprint density at radius 2 is 1.83 bits per heavy atom. The molecule has 8 heteroatoms. The molecule has 0 saturated heterocycles. The van der Waals surface area contributed by atoms with Gasteiger partial charge in [0, 0.05) is 18.6 Å². The van der Waals surface area contributed by atoms with E-state index < -0.39 is 12.1 Å². The third-order valence-corrected chi connectivity index (χ3v) is 4.78. The molecule has 30 heavy (non-hydrogen) atoms. The number of phenolic OH excluding ortho intramolecular Hbond substituents is 4. The summed E-state index contributed by atoms with van der Waals surface area (Å²) >= 11 is 0. The fraction of sp³-hybridized carbons (Fsp3) is 0.273. The van der Waals surface area contributed by atoms with Crippen LogP contribution in [0.2, 0.25) is 0 Å². The SMILES string of the molecule is CC(=O)OC/C(C)=C/Cc1c(O)cc(O)c2c1O[C@H](c1ccc(O)c(O)c1)CC2=O. The van der Waals surface area contributed by atoms with Crippen LogP contribution in [0.1, 0.15) is 47.9 Å². The highest BCUT2D eigenvalue weighted by Crippen LogP contribution is 2.46. The maximum Gasteiger partial charge on any atom is 0.302 e. The van der Waals surface area contributed by atoms with Gasteiger partial charge in [-0.1, -0.05) is 12.1 Å². The Kier molecular flexibility index (Phi) is 5.86. The molecule has 8 nitrogen and oxygen atoms in total. The van der Waals surface area contributed by atoms with Gasteiger partial charge in [0.15, 0.2) is 17.3 Å². The summed E-state index contributed by atoms with van der Waals surface area (Å²) in [7, 11) is 0. The Bertz CT molecular complexity index is 1040. The number of ether oxygens (including phenoxy) is 2. The van der Waals surface area contributed by atoms with Crippen molar-refractivity contribution in [3.8, 4) is 28.7 Å². The molecular formula is C22H22O8. The van der Waals surface area contributed by atoms with Crippen molar-refractivity contribution in [2.75, 3.05) is 6.61 Å². The number of hydrogen-bond donors (Lipinski definition) is 4. The molecule has 2 aromatic carbocycles. The predicted octanol–water partition coefficient (Wildman–Crippen LogP) is 3.27. The van der Waals surface area contributed by atoms with E-state index in [0.717, 1.165) is 11.6 Å².